The van der Waals surface area contributed by atoms with Crippen molar-refractivity contribution in [2.45, 2.75) is 0 Å². The zero-order chi connectivity index (χ0) is 9.14. The number of hydrogen-bond donors (Lipinski definition) is 0. The fourth-order valence-corrected chi connectivity index (χ4v) is 1.02. The Morgan fingerprint density at radius 2 is 2.25 bits per heavy atom. The van der Waals surface area contributed by atoms with Crippen LogP contribution in [0.15, 0.2) is 12.1 Å². The normalized spacial score (nSPS) is 9.58. The van der Waals surface area contributed by atoms with Gasteiger partial charge in [-0.3, -0.25) is 4.79 Å². The fourth-order valence-electron chi connectivity index (χ4n) is 0.683. The van der Waals surface area contributed by atoms with Crippen molar-refractivity contribution in [1.82, 2.24) is 4.98 Å². The van der Waals surface area contributed by atoms with E-state index in [-0.39, 0.29) is 10.8 Å². The van der Waals surface area contributed by atoms with Crippen molar-refractivity contribution in [2.75, 3.05) is 7.11 Å². The highest BCUT2D eigenvalue weighted by molar-refractivity contribution is 6.67. The molecule has 0 amide bonds. The van der Waals surface area contributed by atoms with E-state index in [1.165, 1.54) is 19.2 Å². The number of carbonyl (C=O) groups is 1. The van der Waals surface area contributed by atoms with E-state index in [9.17, 15) is 4.79 Å². The molecule has 0 bridgehead atoms. The van der Waals surface area contributed by atoms with Gasteiger partial charge in [-0.05, 0) is 23.7 Å². The third kappa shape index (κ3) is 1.87. The summed E-state index contributed by atoms with van der Waals surface area (Å²) in [6.07, 6.45) is 0. The molecule has 0 atom stereocenters. The molecular weight excluding hydrogens is 201 g/mol. The molecule has 5 heteroatoms. The highest BCUT2D eigenvalue weighted by Gasteiger charge is 2.07. The third-order valence-electron chi connectivity index (χ3n) is 1.24. The second-order valence-corrected chi connectivity index (χ2v) is 2.66. The van der Waals surface area contributed by atoms with E-state index in [4.69, 9.17) is 27.9 Å². The first-order valence-corrected chi connectivity index (χ1v) is 3.81. The Morgan fingerprint density at radius 1 is 1.58 bits per heavy atom. The minimum absolute atomic E-state index is 0.113. The zero-order valence-corrected chi connectivity index (χ0v) is 7.69. The lowest BCUT2D eigenvalue weighted by molar-refractivity contribution is 0.107. The Bertz CT molecular complexity index is 314. The Kier molecular flexibility index (Phi) is 2.89. The Morgan fingerprint density at radius 3 is 2.67 bits per heavy atom. The van der Waals surface area contributed by atoms with Gasteiger partial charge in [-0.15, -0.1) is 0 Å². The van der Waals surface area contributed by atoms with E-state index in [0.717, 1.165) is 0 Å². The van der Waals surface area contributed by atoms with Crippen LogP contribution in [-0.2, 0) is 0 Å². The van der Waals surface area contributed by atoms with Crippen LogP contribution in [0.4, 0.5) is 0 Å². The summed E-state index contributed by atoms with van der Waals surface area (Å²) in [7, 11) is 1.46. The molecule has 0 spiro atoms. The molecule has 0 aliphatic rings. The van der Waals surface area contributed by atoms with Crippen LogP contribution in [0.25, 0.3) is 0 Å². The number of ether oxygens (including phenoxy) is 1. The number of methoxy groups -OCH3 is 1. The van der Waals surface area contributed by atoms with Crippen molar-refractivity contribution in [3.8, 4) is 5.75 Å². The summed E-state index contributed by atoms with van der Waals surface area (Å²) in [6.45, 7) is 0. The molecule has 0 aliphatic carbocycles. The van der Waals surface area contributed by atoms with E-state index in [1.54, 1.807) is 0 Å². The Labute approximate surface area is 79.3 Å². The van der Waals surface area contributed by atoms with Gasteiger partial charge in [0.25, 0.3) is 5.24 Å². The summed E-state index contributed by atoms with van der Waals surface area (Å²) in [6, 6.07) is 2.98. The summed E-state index contributed by atoms with van der Waals surface area (Å²) in [4.78, 5) is 14.3. The largest absolute Gasteiger partial charge is 0.494 e. The van der Waals surface area contributed by atoms with E-state index in [1.807, 2.05) is 0 Å². The van der Waals surface area contributed by atoms with Crippen molar-refractivity contribution in [3.05, 3.63) is 23.0 Å². The van der Waals surface area contributed by atoms with Gasteiger partial charge < -0.3 is 4.74 Å². The van der Waals surface area contributed by atoms with Crippen molar-refractivity contribution < 1.29 is 9.53 Å². The molecule has 0 unspecified atom stereocenters. The molecule has 0 aliphatic heterocycles. The van der Waals surface area contributed by atoms with Crippen LogP contribution in [0.1, 0.15) is 10.5 Å². The van der Waals surface area contributed by atoms with Crippen LogP contribution < -0.4 is 4.74 Å². The first-order chi connectivity index (χ1) is 5.65. The number of hydrogen-bond acceptors (Lipinski definition) is 3. The molecule has 1 aromatic heterocycles. The Hall–Kier alpha value is -0.800. The summed E-state index contributed by atoms with van der Waals surface area (Å²) in [5.41, 5.74) is 0.113. The maximum absolute atomic E-state index is 10.6. The minimum atomic E-state index is -0.639. The molecule has 12 heavy (non-hydrogen) atoms. The standard InChI is InChI=1S/C7H5Cl2NO2/c1-12-5-3-2-4(7(9)11)10-6(5)8/h2-3H,1H3. The monoisotopic (exact) mass is 205 g/mol. The predicted octanol–water partition coefficient (Wildman–Crippen LogP) is 2.12. The lowest BCUT2D eigenvalue weighted by atomic mass is 10.3. The van der Waals surface area contributed by atoms with E-state index < -0.39 is 5.24 Å². The quantitative estimate of drug-likeness (QED) is 0.549. The van der Waals surface area contributed by atoms with Crippen LogP contribution in [-0.4, -0.2) is 17.3 Å². The lowest BCUT2D eigenvalue weighted by Crippen LogP contribution is -1.95. The van der Waals surface area contributed by atoms with Crippen LogP contribution in [0.5, 0.6) is 5.75 Å². The van der Waals surface area contributed by atoms with Gasteiger partial charge in [0.1, 0.15) is 5.69 Å². The van der Waals surface area contributed by atoms with E-state index in [0.29, 0.717) is 5.75 Å². The van der Waals surface area contributed by atoms with E-state index >= 15 is 0 Å². The number of nitrogens with zero attached hydrogens (tertiary/aromatic N) is 1. The molecule has 1 heterocycles. The first-order valence-electron chi connectivity index (χ1n) is 3.05. The molecule has 0 radical (unpaired) electrons. The second kappa shape index (κ2) is 3.74. The van der Waals surface area contributed by atoms with Crippen molar-refractivity contribution in [2.24, 2.45) is 0 Å². The molecule has 0 aromatic carbocycles. The third-order valence-corrected chi connectivity index (χ3v) is 1.70. The number of rotatable bonds is 2. The first kappa shape index (κ1) is 9.29. The molecule has 0 saturated carbocycles. The molecule has 0 fully saturated rings. The number of aromatic nitrogens is 1. The molecule has 0 saturated heterocycles. The highest BCUT2D eigenvalue weighted by atomic mass is 35.5. The van der Waals surface area contributed by atoms with Gasteiger partial charge >= 0.3 is 0 Å². The van der Waals surface area contributed by atoms with Gasteiger partial charge in [-0.2, -0.15) is 0 Å². The zero-order valence-electron chi connectivity index (χ0n) is 6.17. The number of halogens is 2. The maximum Gasteiger partial charge on any atom is 0.270 e. The second-order valence-electron chi connectivity index (χ2n) is 1.96. The van der Waals surface area contributed by atoms with Gasteiger partial charge in [-0.1, -0.05) is 11.6 Å². The lowest BCUT2D eigenvalue weighted by Gasteiger charge is -2.01. The molecule has 1 rings (SSSR count). The van der Waals surface area contributed by atoms with Crippen LogP contribution in [0.2, 0.25) is 5.15 Å². The minimum Gasteiger partial charge on any atom is -0.494 e. The van der Waals surface area contributed by atoms with Gasteiger partial charge in [-0.25, -0.2) is 4.98 Å². The molecular formula is C7H5Cl2NO2. The van der Waals surface area contributed by atoms with Crippen molar-refractivity contribution in [1.29, 1.82) is 0 Å². The van der Waals surface area contributed by atoms with Gasteiger partial charge in [0.05, 0.1) is 7.11 Å². The summed E-state index contributed by atoms with van der Waals surface area (Å²) < 4.78 is 4.83. The number of pyridine rings is 1. The van der Waals surface area contributed by atoms with Gasteiger partial charge in [0.15, 0.2) is 10.9 Å². The summed E-state index contributed by atoms with van der Waals surface area (Å²) in [5, 5.41) is -0.511. The maximum atomic E-state index is 10.6. The predicted molar refractivity (Wildman–Crippen MR) is 46.0 cm³/mol. The summed E-state index contributed by atoms with van der Waals surface area (Å²) >= 11 is 10.8. The van der Waals surface area contributed by atoms with Gasteiger partial charge in [0.2, 0.25) is 0 Å². The average Bonchev–Trinajstić information content (AvgIpc) is 2.04. The molecule has 0 N–H and O–H groups in total. The van der Waals surface area contributed by atoms with Crippen LogP contribution in [0, 0.1) is 0 Å². The van der Waals surface area contributed by atoms with Gasteiger partial charge in [0, 0.05) is 0 Å². The van der Waals surface area contributed by atoms with E-state index in [2.05, 4.69) is 4.98 Å². The Balaban J connectivity index is 3.10. The number of carbonyl (C=O) groups excluding carboxylic acids is 1. The SMILES string of the molecule is COc1ccc(C(=O)Cl)nc1Cl. The van der Waals surface area contributed by atoms with Crippen molar-refractivity contribution in [3.63, 3.8) is 0 Å². The van der Waals surface area contributed by atoms with Crippen LogP contribution in [0.3, 0.4) is 0 Å². The topological polar surface area (TPSA) is 39.2 Å². The highest BCUT2D eigenvalue weighted by Crippen LogP contribution is 2.21. The summed E-state index contributed by atoms with van der Waals surface area (Å²) in [5.74, 6) is 0.415. The molecule has 3 nitrogen and oxygen atoms in total. The average molecular weight is 206 g/mol. The fraction of sp³-hybridized carbons (Fsp3) is 0.143. The molecule has 64 valence electrons. The van der Waals surface area contributed by atoms with Crippen molar-refractivity contribution >= 4 is 28.4 Å². The van der Waals surface area contributed by atoms with Crippen LogP contribution >= 0.6 is 23.2 Å². The smallest absolute Gasteiger partial charge is 0.270 e. The molecule has 1 aromatic rings.